The molecule has 1 unspecified atom stereocenters. The second kappa shape index (κ2) is 7.89. The first-order chi connectivity index (χ1) is 11.3. The Labute approximate surface area is 135 Å². The van der Waals surface area contributed by atoms with E-state index in [4.69, 9.17) is 9.47 Å². The van der Waals surface area contributed by atoms with Crippen LogP contribution in [0, 0.1) is 0 Å². The molecule has 0 spiro atoms. The number of hydrogen-bond acceptors (Lipinski definition) is 5. The maximum atomic E-state index is 11.9. The van der Waals surface area contributed by atoms with Crippen LogP contribution in [-0.4, -0.2) is 49.8 Å². The topological polar surface area (TPSA) is 72.5 Å². The Morgan fingerprint density at radius 2 is 2.30 bits per heavy atom. The van der Waals surface area contributed by atoms with E-state index >= 15 is 0 Å². The first-order valence-electron chi connectivity index (χ1n) is 7.91. The number of ether oxygens (including phenoxy) is 2. The van der Waals surface area contributed by atoms with E-state index in [1.165, 1.54) is 0 Å². The molecule has 1 aromatic heterocycles. The molecule has 1 saturated heterocycles. The van der Waals surface area contributed by atoms with Crippen LogP contribution in [0.15, 0.2) is 36.5 Å². The van der Waals surface area contributed by atoms with Crippen LogP contribution in [0.3, 0.4) is 0 Å². The first kappa shape index (κ1) is 15.7. The van der Waals surface area contributed by atoms with Crippen LogP contribution in [0.4, 0.5) is 0 Å². The van der Waals surface area contributed by atoms with Crippen LogP contribution >= 0.6 is 0 Å². The minimum atomic E-state index is -0.382. The van der Waals surface area contributed by atoms with Crippen LogP contribution in [0.5, 0.6) is 5.75 Å². The molecule has 2 aromatic rings. The number of carbonyl (C=O) groups is 1. The highest BCUT2D eigenvalue weighted by molar-refractivity contribution is 5.84. The number of rotatable bonds is 6. The number of nitrogens with zero attached hydrogens (tertiary/aromatic N) is 1. The maximum absolute atomic E-state index is 11.9. The minimum Gasteiger partial charge on any atom is -0.491 e. The Morgan fingerprint density at radius 1 is 1.39 bits per heavy atom. The van der Waals surface area contributed by atoms with Crippen LogP contribution in [-0.2, 0) is 9.53 Å². The summed E-state index contributed by atoms with van der Waals surface area (Å²) in [6.45, 7) is 3.05. The molecule has 1 atom stereocenters. The molecule has 122 valence electrons. The van der Waals surface area contributed by atoms with Gasteiger partial charge in [0.2, 0.25) is 5.91 Å². The van der Waals surface area contributed by atoms with Gasteiger partial charge in [0.1, 0.15) is 17.4 Å². The van der Waals surface area contributed by atoms with Crippen molar-refractivity contribution in [1.82, 2.24) is 15.6 Å². The van der Waals surface area contributed by atoms with Crippen molar-refractivity contribution in [2.24, 2.45) is 0 Å². The second-order valence-electron chi connectivity index (χ2n) is 5.39. The zero-order valence-electron chi connectivity index (χ0n) is 13.0. The normalized spacial score (nSPS) is 17.8. The SMILES string of the molecule is O=C(NCCCOc1cccc2cccnc12)C1CNCCO1. The smallest absolute Gasteiger partial charge is 0.250 e. The van der Waals surface area contributed by atoms with Crippen molar-refractivity contribution < 1.29 is 14.3 Å². The van der Waals surface area contributed by atoms with Crippen LogP contribution in [0.25, 0.3) is 10.9 Å². The summed E-state index contributed by atoms with van der Waals surface area (Å²) in [6.07, 6.45) is 2.11. The summed E-state index contributed by atoms with van der Waals surface area (Å²) in [4.78, 5) is 16.2. The van der Waals surface area contributed by atoms with E-state index < -0.39 is 0 Å². The summed E-state index contributed by atoms with van der Waals surface area (Å²) in [6, 6.07) is 9.79. The molecule has 6 heteroatoms. The predicted molar refractivity (Wildman–Crippen MR) is 87.5 cm³/mol. The predicted octanol–water partition coefficient (Wildman–Crippen LogP) is 1.11. The highest BCUT2D eigenvalue weighted by atomic mass is 16.5. The Kier molecular flexibility index (Phi) is 5.39. The number of benzene rings is 1. The zero-order chi connectivity index (χ0) is 15.9. The van der Waals surface area contributed by atoms with Gasteiger partial charge in [-0.05, 0) is 18.6 Å². The Balaban J connectivity index is 1.42. The Morgan fingerprint density at radius 3 is 3.17 bits per heavy atom. The van der Waals surface area contributed by atoms with Crippen molar-refractivity contribution in [3.63, 3.8) is 0 Å². The first-order valence-corrected chi connectivity index (χ1v) is 7.91. The van der Waals surface area contributed by atoms with E-state index in [0.29, 0.717) is 26.3 Å². The minimum absolute atomic E-state index is 0.0657. The van der Waals surface area contributed by atoms with Crippen LogP contribution in [0.1, 0.15) is 6.42 Å². The number of hydrogen-bond donors (Lipinski definition) is 2. The molecule has 6 nitrogen and oxygen atoms in total. The third-order valence-electron chi connectivity index (χ3n) is 3.69. The summed E-state index contributed by atoms with van der Waals surface area (Å²) >= 11 is 0. The molecule has 1 aliphatic rings. The third kappa shape index (κ3) is 4.18. The molecule has 3 rings (SSSR count). The fraction of sp³-hybridized carbons (Fsp3) is 0.412. The summed E-state index contributed by atoms with van der Waals surface area (Å²) in [5.74, 6) is 0.707. The van der Waals surface area contributed by atoms with Crippen molar-refractivity contribution in [2.45, 2.75) is 12.5 Å². The maximum Gasteiger partial charge on any atom is 0.250 e. The number of pyridine rings is 1. The molecule has 0 radical (unpaired) electrons. The molecule has 2 N–H and O–H groups in total. The molecule has 1 fully saturated rings. The van der Waals surface area contributed by atoms with Crippen molar-refractivity contribution in [3.05, 3.63) is 36.5 Å². The highest BCUT2D eigenvalue weighted by Gasteiger charge is 2.20. The van der Waals surface area contributed by atoms with Gasteiger partial charge in [0.05, 0.1) is 13.2 Å². The molecule has 0 aliphatic carbocycles. The fourth-order valence-electron chi connectivity index (χ4n) is 2.51. The largest absolute Gasteiger partial charge is 0.491 e. The van der Waals surface area contributed by atoms with E-state index in [2.05, 4.69) is 15.6 Å². The molecule has 0 bridgehead atoms. The van der Waals surface area contributed by atoms with Gasteiger partial charge in [-0.2, -0.15) is 0 Å². The zero-order valence-corrected chi connectivity index (χ0v) is 13.0. The van der Waals surface area contributed by atoms with Gasteiger partial charge in [-0.25, -0.2) is 0 Å². The van der Waals surface area contributed by atoms with Gasteiger partial charge in [0, 0.05) is 31.2 Å². The third-order valence-corrected chi connectivity index (χ3v) is 3.69. The number of para-hydroxylation sites is 1. The van der Waals surface area contributed by atoms with Gasteiger partial charge >= 0.3 is 0 Å². The average Bonchev–Trinajstić information content (AvgIpc) is 2.62. The summed E-state index contributed by atoms with van der Waals surface area (Å²) in [5.41, 5.74) is 0.862. The van der Waals surface area contributed by atoms with Crippen molar-refractivity contribution in [1.29, 1.82) is 0 Å². The molecule has 1 aromatic carbocycles. The Bertz CT molecular complexity index is 651. The Hall–Kier alpha value is -2.18. The number of fused-ring (bicyclic) bond motifs is 1. The molecule has 1 amide bonds. The van der Waals surface area contributed by atoms with Crippen LogP contribution in [0.2, 0.25) is 0 Å². The summed E-state index contributed by atoms with van der Waals surface area (Å²) < 4.78 is 11.2. The quantitative estimate of drug-likeness (QED) is 0.781. The van der Waals surface area contributed by atoms with E-state index in [1.54, 1.807) is 6.20 Å². The lowest BCUT2D eigenvalue weighted by atomic mass is 10.2. The monoisotopic (exact) mass is 315 g/mol. The van der Waals surface area contributed by atoms with Crippen LogP contribution < -0.4 is 15.4 Å². The number of aromatic nitrogens is 1. The summed E-state index contributed by atoms with van der Waals surface area (Å²) in [5, 5.41) is 7.07. The lowest BCUT2D eigenvalue weighted by Crippen LogP contribution is -2.48. The molecular weight excluding hydrogens is 294 g/mol. The molecule has 23 heavy (non-hydrogen) atoms. The molecule has 0 saturated carbocycles. The van der Waals surface area contributed by atoms with Gasteiger partial charge in [-0.3, -0.25) is 9.78 Å². The second-order valence-corrected chi connectivity index (χ2v) is 5.39. The van der Waals surface area contributed by atoms with Gasteiger partial charge in [-0.1, -0.05) is 18.2 Å². The molecular formula is C17H21N3O3. The molecule has 1 aliphatic heterocycles. The van der Waals surface area contributed by atoms with Crippen molar-refractivity contribution in [2.75, 3.05) is 32.8 Å². The van der Waals surface area contributed by atoms with Crippen molar-refractivity contribution >= 4 is 16.8 Å². The van der Waals surface area contributed by atoms with E-state index in [0.717, 1.165) is 29.6 Å². The average molecular weight is 315 g/mol. The lowest BCUT2D eigenvalue weighted by molar-refractivity contribution is -0.134. The van der Waals surface area contributed by atoms with E-state index in [-0.39, 0.29) is 12.0 Å². The number of morpholine rings is 1. The summed E-state index contributed by atoms with van der Waals surface area (Å²) in [7, 11) is 0. The lowest BCUT2D eigenvalue weighted by Gasteiger charge is -2.22. The van der Waals surface area contributed by atoms with Crippen molar-refractivity contribution in [3.8, 4) is 5.75 Å². The highest BCUT2D eigenvalue weighted by Crippen LogP contribution is 2.22. The van der Waals surface area contributed by atoms with Gasteiger partial charge in [-0.15, -0.1) is 0 Å². The van der Waals surface area contributed by atoms with Gasteiger partial charge in [0.25, 0.3) is 0 Å². The van der Waals surface area contributed by atoms with E-state index in [1.807, 2.05) is 30.3 Å². The van der Waals surface area contributed by atoms with Gasteiger partial charge < -0.3 is 20.1 Å². The number of amides is 1. The van der Waals surface area contributed by atoms with Gasteiger partial charge in [0.15, 0.2) is 0 Å². The van der Waals surface area contributed by atoms with E-state index in [9.17, 15) is 4.79 Å². The number of carbonyl (C=O) groups excluding carboxylic acids is 1. The number of nitrogens with one attached hydrogen (secondary N) is 2. The standard InChI is InChI=1S/C17H21N3O3/c21-17(15-12-18-9-11-23-15)20-8-3-10-22-14-6-1-4-13-5-2-7-19-16(13)14/h1-2,4-7,15,18H,3,8-12H2,(H,20,21). The molecule has 2 heterocycles. The fourth-order valence-corrected chi connectivity index (χ4v) is 2.51.